The molecule has 1 unspecified atom stereocenters. The van der Waals surface area contributed by atoms with Crippen LogP contribution in [0.3, 0.4) is 0 Å². The van der Waals surface area contributed by atoms with E-state index in [1.165, 1.54) is 4.90 Å². The van der Waals surface area contributed by atoms with E-state index in [4.69, 9.17) is 9.84 Å². The van der Waals surface area contributed by atoms with E-state index in [1.807, 2.05) is 0 Å². The summed E-state index contributed by atoms with van der Waals surface area (Å²) in [6, 6.07) is -0.602. The van der Waals surface area contributed by atoms with E-state index < -0.39 is 23.7 Å². The van der Waals surface area contributed by atoms with Gasteiger partial charge in [-0.3, -0.25) is 4.90 Å². The fourth-order valence-electron chi connectivity index (χ4n) is 2.25. The SMILES string of the molecule is CC(C)(C)OC(=O)N1C2C[C@H]2C[C@@H]1C(=O)O. The van der Waals surface area contributed by atoms with Crippen molar-refractivity contribution in [3.63, 3.8) is 0 Å². The lowest BCUT2D eigenvalue weighted by Crippen LogP contribution is -2.45. The molecule has 0 aromatic heterocycles. The van der Waals surface area contributed by atoms with Crippen molar-refractivity contribution in [1.29, 1.82) is 0 Å². The summed E-state index contributed by atoms with van der Waals surface area (Å²) >= 11 is 0. The summed E-state index contributed by atoms with van der Waals surface area (Å²) in [5, 5.41) is 9.02. The van der Waals surface area contributed by atoms with E-state index >= 15 is 0 Å². The minimum Gasteiger partial charge on any atom is -0.480 e. The normalized spacial score (nSPS) is 32.2. The molecule has 0 spiro atoms. The number of piperidine rings is 1. The molecule has 5 nitrogen and oxygen atoms in total. The van der Waals surface area contributed by atoms with Crippen LogP contribution in [-0.4, -0.2) is 39.8 Å². The number of amides is 1. The van der Waals surface area contributed by atoms with Crippen molar-refractivity contribution >= 4 is 12.1 Å². The van der Waals surface area contributed by atoms with Gasteiger partial charge in [-0.25, -0.2) is 9.59 Å². The van der Waals surface area contributed by atoms with Gasteiger partial charge in [0.1, 0.15) is 11.6 Å². The largest absolute Gasteiger partial charge is 0.480 e. The van der Waals surface area contributed by atoms with Crippen molar-refractivity contribution in [2.75, 3.05) is 0 Å². The monoisotopic (exact) mass is 227 g/mol. The molecule has 1 saturated carbocycles. The van der Waals surface area contributed by atoms with Crippen LogP contribution in [0.1, 0.15) is 33.6 Å². The Bertz CT molecular complexity index is 333. The Morgan fingerprint density at radius 3 is 2.44 bits per heavy atom. The van der Waals surface area contributed by atoms with Crippen LogP contribution < -0.4 is 0 Å². The summed E-state index contributed by atoms with van der Waals surface area (Å²) in [4.78, 5) is 24.3. The number of carboxylic acids is 1. The number of likely N-dealkylation sites (tertiary alicyclic amines) is 1. The van der Waals surface area contributed by atoms with E-state index in [0.29, 0.717) is 12.3 Å². The second kappa shape index (κ2) is 3.37. The van der Waals surface area contributed by atoms with Gasteiger partial charge in [-0.1, -0.05) is 0 Å². The fourth-order valence-corrected chi connectivity index (χ4v) is 2.25. The molecule has 1 saturated heterocycles. The number of hydrogen-bond acceptors (Lipinski definition) is 3. The Balaban J connectivity index is 2.07. The van der Waals surface area contributed by atoms with Gasteiger partial charge in [0.15, 0.2) is 0 Å². The lowest BCUT2D eigenvalue weighted by molar-refractivity contribution is -0.142. The van der Waals surface area contributed by atoms with Crippen molar-refractivity contribution in [2.45, 2.75) is 51.3 Å². The first kappa shape index (κ1) is 11.2. The van der Waals surface area contributed by atoms with Gasteiger partial charge in [-0.15, -0.1) is 0 Å². The Morgan fingerprint density at radius 1 is 1.31 bits per heavy atom. The molecule has 1 N–H and O–H groups in total. The predicted molar refractivity (Wildman–Crippen MR) is 56.0 cm³/mol. The molecule has 2 fully saturated rings. The molecule has 1 aliphatic heterocycles. The lowest BCUT2D eigenvalue weighted by atomic mass is 10.2. The van der Waals surface area contributed by atoms with Crippen molar-refractivity contribution in [1.82, 2.24) is 4.90 Å². The fraction of sp³-hybridized carbons (Fsp3) is 0.818. The summed E-state index contributed by atoms with van der Waals surface area (Å²) in [6.45, 7) is 5.34. The maximum Gasteiger partial charge on any atom is 0.411 e. The molecule has 1 amide bonds. The molecule has 1 heterocycles. The zero-order chi connectivity index (χ0) is 12.1. The third-order valence-corrected chi connectivity index (χ3v) is 2.99. The zero-order valence-corrected chi connectivity index (χ0v) is 9.77. The molecule has 0 bridgehead atoms. The van der Waals surface area contributed by atoms with E-state index in [2.05, 4.69) is 0 Å². The highest BCUT2D eigenvalue weighted by Gasteiger charge is 2.57. The smallest absolute Gasteiger partial charge is 0.411 e. The first-order chi connectivity index (χ1) is 7.29. The highest BCUT2D eigenvalue weighted by Crippen LogP contribution is 2.48. The van der Waals surface area contributed by atoms with Crippen LogP contribution in [0.25, 0.3) is 0 Å². The minimum atomic E-state index is -0.932. The molecule has 0 radical (unpaired) electrons. The lowest BCUT2D eigenvalue weighted by Gasteiger charge is -2.28. The van der Waals surface area contributed by atoms with Gasteiger partial charge in [-0.05, 0) is 39.5 Å². The number of hydrogen-bond donors (Lipinski definition) is 1. The van der Waals surface area contributed by atoms with Gasteiger partial charge < -0.3 is 9.84 Å². The van der Waals surface area contributed by atoms with Crippen LogP contribution in [0.4, 0.5) is 4.79 Å². The molecule has 2 rings (SSSR count). The summed E-state index contributed by atoms with van der Waals surface area (Å²) in [5.41, 5.74) is -0.576. The summed E-state index contributed by atoms with van der Waals surface area (Å²) in [5.74, 6) is -0.563. The number of fused-ring (bicyclic) bond motifs is 1. The molecule has 16 heavy (non-hydrogen) atoms. The van der Waals surface area contributed by atoms with Crippen LogP contribution in [0.5, 0.6) is 0 Å². The van der Waals surface area contributed by atoms with E-state index in [9.17, 15) is 9.59 Å². The molecule has 2 aliphatic rings. The Morgan fingerprint density at radius 2 is 1.94 bits per heavy atom. The van der Waals surface area contributed by atoms with Gasteiger partial charge in [-0.2, -0.15) is 0 Å². The van der Waals surface area contributed by atoms with Crippen molar-refractivity contribution in [2.24, 2.45) is 5.92 Å². The number of nitrogens with zero attached hydrogens (tertiary/aromatic N) is 1. The topological polar surface area (TPSA) is 66.8 Å². The first-order valence-corrected chi connectivity index (χ1v) is 5.54. The van der Waals surface area contributed by atoms with Crippen LogP contribution in [0, 0.1) is 5.92 Å². The van der Waals surface area contributed by atoms with E-state index in [-0.39, 0.29) is 6.04 Å². The number of rotatable bonds is 1. The quantitative estimate of drug-likeness (QED) is 0.736. The summed E-state index contributed by atoms with van der Waals surface area (Å²) in [6.07, 6.45) is 0.993. The number of carboxylic acid groups (broad SMARTS) is 1. The highest BCUT2D eigenvalue weighted by atomic mass is 16.6. The van der Waals surface area contributed by atoms with Crippen LogP contribution >= 0.6 is 0 Å². The molecule has 0 aromatic carbocycles. The highest BCUT2D eigenvalue weighted by molar-refractivity contribution is 5.82. The Hall–Kier alpha value is -1.26. The van der Waals surface area contributed by atoms with Crippen LogP contribution in [0.2, 0.25) is 0 Å². The van der Waals surface area contributed by atoms with E-state index in [1.54, 1.807) is 20.8 Å². The summed E-state index contributed by atoms with van der Waals surface area (Å²) in [7, 11) is 0. The third-order valence-electron chi connectivity index (χ3n) is 2.99. The Kier molecular flexibility index (Phi) is 2.36. The molecule has 1 aliphatic carbocycles. The van der Waals surface area contributed by atoms with Crippen LogP contribution in [0.15, 0.2) is 0 Å². The number of carbonyl (C=O) groups excluding carboxylic acids is 1. The average molecular weight is 227 g/mol. The number of carbonyl (C=O) groups is 2. The van der Waals surface area contributed by atoms with Crippen LogP contribution in [-0.2, 0) is 9.53 Å². The number of ether oxygens (including phenoxy) is 1. The standard InChI is InChI=1S/C11H17NO4/c1-11(2,3)16-10(15)12-7-4-6(7)5-8(12)9(13)14/h6-8H,4-5H2,1-3H3,(H,13,14)/t6-,7?,8+/m0/s1. The number of aliphatic carboxylic acids is 1. The second-order valence-corrected chi connectivity index (χ2v) is 5.54. The molecule has 5 heteroatoms. The molecule has 90 valence electrons. The molecule has 3 atom stereocenters. The predicted octanol–water partition coefficient (Wildman–Crippen LogP) is 1.47. The van der Waals surface area contributed by atoms with Gasteiger partial charge in [0.25, 0.3) is 0 Å². The molecular weight excluding hydrogens is 210 g/mol. The summed E-state index contributed by atoms with van der Waals surface area (Å²) < 4.78 is 5.22. The molecule has 0 aromatic rings. The third kappa shape index (κ3) is 1.99. The molecular formula is C11H17NO4. The second-order valence-electron chi connectivity index (χ2n) is 5.54. The first-order valence-electron chi connectivity index (χ1n) is 5.54. The van der Waals surface area contributed by atoms with Gasteiger partial charge in [0.05, 0.1) is 0 Å². The average Bonchev–Trinajstić information content (AvgIpc) is 2.73. The van der Waals surface area contributed by atoms with E-state index in [0.717, 1.165) is 6.42 Å². The zero-order valence-electron chi connectivity index (χ0n) is 9.77. The van der Waals surface area contributed by atoms with Gasteiger partial charge in [0, 0.05) is 6.04 Å². The maximum absolute atomic E-state index is 11.9. The van der Waals surface area contributed by atoms with Crippen molar-refractivity contribution in [3.8, 4) is 0 Å². The van der Waals surface area contributed by atoms with Crippen molar-refractivity contribution in [3.05, 3.63) is 0 Å². The van der Waals surface area contributed by atoms with Crippen molar-refractivity contribution < 1.29 is 19.4 Å². The maximum atomic E-state index is 11.9. The van der Waals surface area contributed by atoms with Gasteiger partial charge in [0.2, 0.25) is 0 Å². The Labute approximate surface area is 94.4 Å². The van der Waals surface area contributed by atoms with Gasteiger partial charge >= 0.3 is 12.1 Å². The minimum absolute atomic E-state index is 0.0935.